The Morgan fingerprint density at radius 2 is 1.95 bits per heavy atom. The number of halogens is 1. The van der Waals surface area contributed by atoms with Crippen LogP contribution in [0.25, 0.3) is 11.6 Å². The number of amides is 1. The Kier molecular flexibility index (Phi) is 8.16. The number of phenolic OH excluding ortho intramolecular Hbond substituents is 1. The van der Waals surface area contributed by atoms with E-state index in [1.165, 1.54) is 11.7 Å². The van der Waals surface area contributed by atoms with Crippen molar-refractivity contribution >= 4 is 44.8 Å². The number of fused-ring (bicyclic) bond motifs is 1. The molecule has 0 aliphatic carbocycles. The van der Waals surface area contributed by atoms with Gasteiger partial charge in [-0.1, -0.05) is 13.0 Å². The molecule has 1 fully saturated rings. The van der Waals surface area contributed by atoms with Gasteiger partial charge in [-0.3, -0.25) is 14.2 Å². The Balaban J connectivity index is 1.65. The van der Waals surface area contributed by atoms with E-state index in [1.54, 1.807) is 35.2 Å². The standard InChI is InChI=1S/C28H27BrN4O6S/c1-3-31-6-8-32(9-7-31)26(35)19(14-30)28-33(15-17-4-5-21-22(11-17)39-16-38-21)27(36)24(40-28)13-18-10-20(29)25(34)23(12-18)37-2/h4-5,10-13,34H,3,6-9,15-16H2,1-2H3. The number of aromatic hydroxyl groups is 1. The summed E-state index contributed by atoms with van der Waals surface area (Å²) < 4.78 is 18.6. The molecule has 1 amide bonds. The van der Waals surface area contributed by atoms with Gasteiger partial charge in [0.2, 0.25) is 6.79 Å². The molecular formula is C28H27BrN4O6S. The molecule has 40 heavy (non-hydrogen) atoms. The molecule has 0 atom stereocenters. The van der Waals surface area contributed by atoms with Crippen LogP contribution in [0.4, 0.5) is 0 Å². The fourth-order valence-electron chi connectivity index (χ4n) is 4.67. The lowest BCUT2D eigenvalue weighted by Crippen LogP contribution is -2.49. The second kappa shape index (κ2) is 11.8. The first kappa shape index (κ1) is 27.8. The Morgan fingerprint density at radius 1 is 1.20 bits per heavy atom. The third kappa shape index (κ3) is 5.45. The number of likely N-dealkylation sites (N-methyl/N-ethyl adjacent to an activating group) is 1. The van der Waals surface area contributed by atoms with Crippen LogP contribution in [0.5, 0.6) is 23.0 Å². The van der Waals surface area contributed by atoms with E-state index >= 15 is 0 Å². The first-order chi connectivity index (χ1) is 19.3. The van der Waals surface area contributed by atoms with E-state index in [9.17, 15) is 20.0 Å². The summed E-state index contributed by atoms with van der Waals surface area (Å²) in [6.07, 6.45) is 1.65. The van der Waals surface area contributed by atoms with Gasteiger partial charge in [-0.25, -0.2) is 0 Å². The van der Waals surface area contributed by atoms with E-state index in [0.717, 1.165) is 36.5 Å². The lowest BCUT2D eigenvalue weighted by atomic mass is 10.2. The predicted octanol–water partition coefficient (Wildman–Crippen LogP) is 1.83. The van der Waals surface area contributed by atoms with Crippen molar-refractivity contribution in [3.8, 4) is 29.1 Å². The molecule has 5 rings (SSSR count). The summed E-state index contributed by atoms with van der Waals surface area (Å²) in [5.41, 5.74) is 0.934. The van der Waals surface area contributed by atoms with Crippen LogP contribution in [0.2, 0.25) is 0 Å². The molecule has 208 valence electrons. The zero-order valence-electron chi connectivity index (χ0n) is 22.0. The van der Waals surface area contributed by atoms with Crippen molar-refractivity contribution in [1.29, 1.82) is 5.26 Å². The number of nitriles is 1. The summed E-state index contributed by atoms with van der Waals surface area (Å²) >= 11 is 4.39. The molecule has 0 radical (unpaired) electrons. The Hall–Kier alpha value is -3.79. The second-order valence-electron chi connectivity index (χ2n) is 9.26. The lowest BCUT2D eigenvalue weighted by molar-refractivity contribution is -0.126. The monoisotopic (exact) mass is 626 g/mol. The van der Waals surface area contributed by atoms with Crippen LogP contribution in [-0.4, -0.2) is 72.0 Å². The molecule has 10 nitrogen and oxygen atoms in total. The van der Waals surface area contributed by atoms with Gasteiger partial charge in [-0.2, -0.15) is 5.26 Å². The van der Waals surface area contributed by atoms with E-state index in [1.807, 2.05) is 6.07 Å². The highest BCUT2D eigenvalue weighted by Crippen LogP contribution is 2.35. The molecule has 2 aliphatic heterocycles. The highest BCUT2D eigenvalue weighted by Gasteiger charge is 2.25. The molecule has 0 bridgehead atoms. The number of piperazine rings is 1. The highest BCUT2D eigenvalue weighted by atomic mass is 79.9. The van der Waals surface area contributed by atoms with Crippen LogP contribution in [0.3, 0.4) is 0 Å². The van der Waals surface area contributed by atoms with Crippen molar-refractivity contribution in [2.75, 3.05) is 46.6 Å². The Labute approximate surface area is 242 Å². The SMILES string of the molecule is CCN1CCN(C(=O)C(C#N)=c2sc(=Cc3cc(Br)c(O)c(OC)c3)c(=O)n2Cc2ccc3c(c2)OCO3)CC1. The summed E-state index contributed by atoms with van der Waals surface area (Å²) in [6.45, 7) is 5.70. The quantitative estimate of drug-likeness (QED) is 0.440. The number of carbonyl (C=O) groups is 1. The minimum Gasteiger partial charge on any atom is -0.503 e. The molecule has 0 spiro atoms. The number of nitrogens with zero attached hydrogens (tertiary/aromatic N) is 4. The van der Waals surface area contributed by atoms with E-state index < -0.39 is 0 Å². The maximum Gasteiger partial charge on any atom is 0.269 e. The number of hydrogen-bond donors (Lipinski definition) is 1. The molecule has 0 saturated carbocycles. The van der Waals surface area contributed by atoms with Gasteiger partial charge in [0.1, 0.15) is 10.7 Å². The lowest BCUT2D eigenvalue weighted by Gasteiger charge is -2.33. The summed E-state index contributed by atoms with van der Waals surface area (Å²) in [6, 6.07) is 10.7. The van der Waals surface area contributed by atoms with Crippen LogP contribution < -0.4 is 29.0 Å². The zero-order valence-corrected chi connectivity index (χ0v) is 24.4. The van der Waals surface area contributed by atoms with Crippen molar-refractivity contribution in [1.82, 2.24) is 14.4 Å². The summed E-state index contributed by atoms with van der Waals surface area (Å²) in [5, 5.41) is 20.4. The maximum atomic E-state index is 13.8. The summed E-state index contributed by atoms with van der Waals surface area (Å²) in [5.74, 6) is 0.988. The number of ether oxygens (including phenoxy) is 3. The van der Waals surface area contributed by atoms with Crippen molar-refractivity contribution in [3.63, 3.8) is 0 Å². The fourth-order valence-corrected chi connectivity index (χ4v) is 6.22. The Morgan fingerprint density at radius 3 is 2.65 bits per heavy atom. The van der Waals surface area contributed by atoms with Gasteiger partial charge in [0.05, 0.1) is 22.7 Å². The van der Waals surface area contributed by atoms with Crippen LogP contribution in [0.15, 0.2) is 39.6 Å². The third-order valence-electron chi connectivity index (χ3n) is 6.90. The number of hydrogen-bond acceptors (Lipinski definition) is 9. The van der Waals surface area contributed by atoms with Gasteiger partial charge in [-0.05, 0) is 63.9 Å². The first-order valence-corrected chi connectivity index (χ1v) is 14.3. The average Bonchev–Trinajstić information content (AvgIpc) is 3.55. The number of aromatic nitrogens is 1. The molecule has 2 aromatic carbocycles. The van der Waals surface area contributed by atoms with E-state index in [-0.39, 0.29) is 46.5 Å². The number of rotatable bonds is 6. The van der Waals surface area contributed by atoms with Gasteiger partial charge >= 0.3 is 0 Å². The number of benzene rings is 2. The first-order valence-electron chi connectivity index (χ1n) is 12.6. The van der Waals surface area contributed by atoms with E-state index in [0.29, 0.717) is 39.2 Å². The molecule has 12 heteroatoms. The molecule has 2 aliphatic rings. The Bertz CT molecular complexity index is 1680. The molecule has 0 unspecified atom stereocenters. The number of phenols is 1. The van der Waals surface area contributed by atoms with Gasteiger partial charge in [0.15, 0.2) is 28.6 Å². The van der Waals surface area contributed by atoms with Crippen molar-refractivity contribution in [2.24, 2.45) is 0 Å². The molecule has 3 aromatic rings. The van der Waals surface area contributed by atoms with E-state index in [4.69, 9.17) is 14.2 Å². The number of carbonyl (C=O) groups excluding carboxylic acids is 1. The van der Waals surface area contributed by atoms with Crippen LogP contribution >= 0.6 is 27.3 Å². The average molecular weight is 628 g/mol. The molecule has 3 heterocycles. The topological polar surface area (TPSA) is 117 Å². The van der Waals surface area contributed by atoms with Crippen LogP contribution in [-0.2, 0) is 11.3 Å². The van der Waals surface area contributed by atoms with Gasteiger partial charge in [0, 0.05) is 26.2 Å². The highest BCUT2D eigenvalue weighted by molar-refractivity contribution is 9.10. The summed E-state index contributed by atoms with van der Waals surface area (Å²) in [4.78, 5) is 31.3. The van der Waals surface area contributed by atoms with Gasteiger partial charge < -0.3 is 29.1 Å². The van der Waals surface area contributed by atoms with Crippen molar-refractivity contribution < 1.29 is 24.1 Å². The normalized spacial score (nSPS) is 16.1. The maximum absolute atomic E-state index is 13.8. The second-order valence-corrected chi connectivity index (χ2v) is 11.1. The summed E-state index contributed by atoms with van der Waals surface area (Å²) in [7, 11) is 1.44. The molecule has 1 N–H and O–H groups in total. The van der Waals surface area contributed by atoms with Gasteiger partial charge in [-0.15, -0.1) is 11.3 Å². The molecule has 1 saturated heterocycles. The molecule has 1 aromatic heterocycles. The third-order valence-corrected chi connectivity index (χ3v) is 8.63. The zero-order chi connectivity index (χ0) is 28.4. The van der Waals surface area contributed by atoms with E-state index in [2.05, 4.69) is 33.8 Å². The molecular weight excluding hydrogens is 600 g/mol. The smallest absolute Gasteiger partial charge is 0.269 e. The number of methoxy groups -OCH3 is 1. The van der Waals surface area contributed by atoms with Crippen LogP contribution in [0.1, 0.15) is 18.1 Å². The van der Waals surface area contributed by atoms with Crippen molar-refractivity contribution in [3.05, 3.63) is 65.5 Å². The van der Waals surface area contributed by atoms with Crippen LogP contribution in [0, 0.1) is 11.3 Å². The largest absolute Gasteiger partial charge is 0.503 e. The minimum atomic E-state index is -0.389. The fraction of sp³-hybridized carbons (Fsp3) is 0.321. The predicted molar refractivity (Wildman–Crippen MR) is 153 cm³/mol. The number of thiazole rings is 1. The van der Waals surface area contributed by atoms with Crippen molar-refractivity contribution in [2.45, 2.75) is 13.5 Å². The minimum absolute atomic E-state index is 0.0550. The van der Waals surface area contributed by atoms with Gasteiger partial charge in [0.25, 0.3) is 11.5 Å².